The number of amides is 1. The van der Waals surface area contributed by atoms with Crippen molar-refractivity contribution >= 4 is 17.4 Å². The Morgan fingerprint density at radius 3 is 2.50 bits per heavy atom. The lowest BCUT2D eigenvalue weighted by Crippen LogP contribution is -2.24. The van der Waals surface area contributed by atoms with E-state index in [1.54, 1.807) is 12.1 Å². The highest BCUT2D eigenvalue weighted by Crippen LogP contribution is 2.21. The molecule has 3 aromatic rings. The molecule has 0 aliphatic carbocycles. The van der Waals surface area contributed by atoms with Crippen LogP contribution >= 0.6 is 0 Å². The molecule has 26 heavy (non-hydrogen) atoms. The maximum atomic E-state index is 12.2. The first-order chi connectivity index (χ1) is 12.5. The number of benzene rings is 2. The van der Waals surface area contributed by atoms with Crippen molar-refractivity contribution in [2.45, 2.75) is 27.3 Å². The van der Waals surface area contributed by atoms with E-state index in [1.807, 2.05) is 43.3 Å². The smallest absolute Gasteiger partial charge is 0.272 e. The predicted molar refractivity (Wildman–Crippen MR) is 104 cm³/mol. The fraction of sp³-hybridized carbons (Fsp3) is 0.190. The van der Waals surface area contributed by atoms with Gasteiger partial charge in [-0.3, -0.25) is 4.79 Å². The average molecular weight is 346 g/mol. The van der Waals surface area contributed by atoms with Crippen LogP contribution in [0.2, 0.25) is 0 Å². The van der Waals surface area contributed by atoms with Gasteiger partial charge >= 0.3 is 0 Å². The highest BCUT2D eigenvalue weighted by Gasteiger charge is 2.09. The quantitative estimate of drug-likeness (QED) is 0.731. The van der Waals surface area contributed by atoms with E-state index in [0.29, 0.717) is 18.1 Å². The lowest BCUT2D eigenvalue weighted by atomic mass is 10.1. The number of carbonyl (C=O) groups excluding carboxylic acids is 1. The van der Waals surface area contributed by atoms with Crippen LogP contribution in [0, 0.1) is 20.8 Å². The van der Waals surface area contributed by atoms with E-state index in [1.165, 1.54) is 11.1 Å². The lowest BCUT2D eigenvalue weighted by molar-refractivity contribution is 0.0945. The molecule has 2 aromatic carbocycles. The van der Waals surface area contributed by atoms with E-state index in [-0.39, 0.29) is 5.91 Å². The van der Waals surface area contributed by atoms with E-state index in [4.69, 9.17) is 0 Å². The number of aromatic nitrogens is 2. The number of hydrogen-bond donors (Lipinski definition) is 2. The number of rotatable bonds is 5. The SMILES string of the molecule is Cc1cccc(CNC(=O)c2ccc(Nc3cccc(C)c3C)nn2)c1. The van der Waals surface area contributed by atoms with Gasteiger partial charge < -0.3 is 10.6 Å². The van der Waals surface area contributed by atoms with Crippen LogP contribution < -0.4 is 10.6 Å². The molecule has 0 radical (unpaired) electrons. The summed E-state index contributed by atoms with van der Waals surface area (Å²) in [6, 6.07) is 17.5. The average Bonchev–Trinajstić information content (AvgIpc) is 2.64. The maximum absolute atomic E-state index is 12.2. The molecular formula is C21H22N4O. The molecule has 1 heterocycles. The minimum atomic E-state index is -0.239. The fourth-order valence-electron chi connectivity index (χ4n) is 2.64. The van der Waals surface area contributed by atoms with Gasteiger partial charge in [0.15, 0.2) is 11.5 Å². The number of anilines is 2. The van der Waals surface area contributed by atoms with Crippen LogP contribution in [-0.4, -0.2) is 16.1 Å². The molecule has 0 saturated heterocycles. The van der Waals surface area contributed by atoms with Crippen molar-refractivity contribution in [3.8, 4) is 0 Å². The second-order valence-corrected chi connectivity index (χ2v) is 6.35. The van der Waals surface area contributed by atoms with Crippen LogP contribution in [-0.2, 0) is 6.54 Å². The third-order valence-corrected chi connectivity index (χ3v) is 4.30. The van der Waals surface area contributed by atoms with Crippen molar-refractivity contribution in [2.24, 2.45) is 0 Å². The van der Waals surface area contributed by atoms with E-state index < -0.39 is 0 Å². The Balaban J connectivity index is 1.63. The first-order valence-electron chi connectivity index (χ1n) is 8.53. The summed E-state index contributed by atoms with van der Waals surface area (Å²) >= 11 is 0. The van der Waals surface area contributed by atoms with Gasteiger partial charge in [0.1, 0.15) is 0 Å². The zero-order valence-corrected chi connectivity index (χ0v) is 15.2. The first kappa shape index (κ1) is 17.6. The summed E-state index contributed by atoms with van der Waals surface area (Å²) in [4.78, 5) is 12.2. The first-order valence-corrected chi connectivity index (χ1v) is 8.53. The molecule has 0 aliphatic rings. The molecule has 1 amide bonds. The van der Waals surface area contributed by atoms with Crippen molar-refractivity contribution in [3.63, 3.8) is 0 Å². The predicted octanol–water partition coefficient (Wildman–Crippen LogP) is 4.08. The van der Waals surface area contributed by atoms with Crippen LogP contribution in [0.5, 0.6) is 0 Å². The molecule has 0 fully saturated rings. The van der Waals surface area contributed by atoms with Gasteiger partial charge in [0, 0.05) is 12.2 Å². The Kier molecular flexibility index (Phi) is 5.27. The van der Waals surface area contributed by atoms with Gasteiger partial charge in [0.2, 0.25) is 0 Å². The monoisotopic (exact) mass is 346 g/mol. The number of aryl methyl sites for hydroxylation is 2. The zero-order chi connectivity index (χ0) is 18.5. The third-order valence-electron chi connectivity index (χ3n) is 4.30. The Bertz CT molecular complexity index is 920. The van der Waals surface area contributed by atoms with E-state index in [2.05, 4.69) is 40.7 Å². The van der Waals surface area contributed by atoms with Gasteiger partial charge in [0.05, 0.1) is 0 Å². The third kappa shape index (κ3) is 4.25. The minimum absolute atomic E-state index is 0.239. The number of nitrogens with zero attached hydrogens (tertiary/aromatic N) is 2. The van der Waals surface area contributed by atoms with E-state index in [9.17, 15) is 4.79 Å². The molecular weight excluding hydrogens is 324 g/mol. The molecule has 1 aromatic heterocycles. The van der Waals surface area contributed by atoms with E-state index in [0.717, 1.165) is 16.8 Å². The fourth-order valence-corrected chi connectivity index (χ4v) is 2.64. The summed E-state index contributed by atoms with van der Waals surface area (Å²) in [5, 5.41) is 14.2. The van der Waals surface area contributed by atoms with Crippen molar-refractivity contribution < 1.29 is 4.79 Å². The summed E-state index contributed by atoms with van der Waals surface area (Å²) in [6.45, 7) is 6.61. The molecule has 0 aliphatic heterocycles. The van der Waals surface area contributed by atoms with E-state index >= 15 is 0 Å². The van der Waals surface area contributed by atoms with Crippen LogP contribution in [0.3, 0.4) is 0 Å². The number of hydrogen-bond acceptors (Lipinski definition) is 4. The molecule has 0 saturated carbocycles. The van der Waals surface area contributed by atoms with Crippen LogP contribution in [0.4, 0.5) is 11.5 Å². The highest BCUT2D eigenvalue weighted by atomic mass is 16.1. The minimum Gasteiger partial charge on any atom is -0.347 e. The maximum Gasteiger partial charge on any atom is 0.272 e. The Hall–Kier alpha value is -3.21. The summed E-state index contributed by atoms with van der Waals surface area (Å²) in [5.74, 6) is 0.367. The largest absolute Gasteiger partial charge is 0.347 e. The molecule has 5 heteroatoms. The molecule has 0 unspecified atom stereocenters. The second-order valence-electron chi connectivity index (χ2n) is 6.35. The summed E-state index contributed by atoms with van der Waals surface area (Å²) in [7, 11) is 0. The number of nitrogens with one attached hydrogen (secondary N) is 2. The topological polar surface area (TPSA) is 66.9 Å². The van der Waals surface area contributed by atoms with Crippen LogP contribution in [0.25, 0.3) is 0 Å². The number of carbonyl (C=O) groups is 1. The van der Waals surface area contributed by atoms with Gasteiger partial charge in [-0.2, -0.15) is 0 Å². The van der Waals surface area contributed by atoms with Crippen molar-refractivity contribution in [2.75, 3.05) is 5.32 Å². The van der Waals surface area contributed by atoms with Crippen molar-refractivity contribution in [1.82, 2.24) is 15.5 Å². The molecule has 2 N–H and O–H groups in total. The molecule has 3 rings (SSSR count). The molecule has 0 bridgehead atoms. The van der Waals surface area contributed by atoms with Gasteiger partial charge in [-0.1, -0.05) is 42.0 Å². The van der Waals surface area contributed by atoms with Crippen molar-refractivity contribution in [1.29, 1.82) is 0 Å². The Morgan fingerprint density at radius 2 is 1.77 bits per heavy atom. The standard InChI is InChI=1S/C21H22N4O/c1-14-6-4-8-17(12-14)13-22-21(26)19-10-11-20(25-24-19)23-18-9-5-7-15(2)16(18)3/h4-12H,13H2,1-3H3,(H,22,26)(H,23,25). The highest BCUT2D eigenvalue weighted by molar-refractivity contribution is 5.92. The summed E-state index contributed by atoms with van der Waals surface area (Å²) in [6.07, 6.45) is 0. The van der Waals surface area contributed by atoms with Gasteiger partial charge in [0.25, 0.3) is 5.91 Å². The molecule has 0 atom stereocenters. The zero-order valence-electron chi connectivity index (χ0n) is 15.2. The molecule has 0 spiro atoms. The Morgan fingerprint density at radius 1 is 0.962 bits per heavy atom. The molecule has 132 valence electrons. The molecule has 5 nitrogen and oxygen atoms in total. The van der Waals surface area contributed by atoms with Crippen LogP contribution in [0.15, 0.2) is 54.6 Å². The Labute approximate surface area is 153 Å². The van der Waals surface area contributed by atoms with Crippen LogP contribution in [0.1, 0.15) is 32.7 Å². The van der Waals surface area contributed by atoms with Gasteiger partial charge in [-0.25, -0.2) is 0 Å². The summed E-state index contributed by atoms with van der Waals surface area (Å²) in [5.41, 5.74) is 5.86. The second kappa shape index (κ2) is 7.78. The van der Waals surface area contributed by atoms with Crippen molar-refractivity contribution in [3.05, 3.63) is 82.5 Å². The van der Waals surface area contributed by atoms with Gasteiger partial charge in [-0.05, 0) is 55.7 Å². The normalized spacial score (nSPS) is 10.4. The summed E-state index contributed by atoms with van der Waals surface area (Å²) < 4.78 is 0. The van der Waals surface area contributed by atoms with Gasteiger partial charge in [-0.15, -0.1) is 10.2 Å². The lowest BCUT2D eigenvalue weighted by Gasteiger charge is -2.10.